The molecule has 0 aliphatic carbocycles. The summed E-state index contributed by atoms with van der Waals surface area (Å²) in [5.74, 6) is -0.228. The number of nitrogens with zero attached hydrogens (tertiary/aromatic N) is 2. The van der Waals surface area contributed by atoms with Gasteiger partial charge in [-0.15, -0.1) is 11.3 Å². The summed E-state index contributed by atoms with van der Waals surface area (Å²) < 4.78 is 0. The highest BCUT2D eigenvalue weighted by atomic mass is 32.1. The van der Waals surface area contributed by atoms with Gasteiger partial charge < -0.3 is 10.8 Å². The fourth-order valence-electron chi connectivity index (χ4n) is 2.03. The minimum atomic E-state index is -0.661. The number of hydrogen-bond acceptors (Lipinski definition) is 5. The van der Waals surface area contributed by atoms with E-state index < -0.39 is 5.91 Å². The van der Waals surface area contributed by atoms with Crippen molar-refractivity contribution in [2.75, 3.05) is 0 Å². The standard InChI is InChI=1S/C14H11N3O2S/c1-7-9-10(18)11(12(15)19)20-14(9)17-13(16-7)8-5-3-2-4-6-8/h2-6,18H,1H3,(H2,15,19). The molecule has 100 valence electrons. The average molecular weight is 285 g/mol. The first kappa shape index (κ1) is 12.6. The topological polar surface area (TPSA) is 89.1 Å². The number of nitrogens with two attached hydrogens (primary N) is 1. The van der Waals surface area contributed by atoms with E-state index >= 15 is 0 Å². The molecule has 1 aromatic carbocycles. The highest BCUT2D eigenvalue weighted by Crippen LogP contribution is 2.37. The van der Waals surface area contributed by atoms with Gasteiger partial charge in [0.15, 0.2) is 11.6 Å². The summed E-state index contributed by atoms with van der Waals surface area (Å²) in [5.41, 5.74) is 6.74. The van der Waals surface area contributed by atoms with E-state index in [2.05, 4.69) is 9.97 Å². The molecule has 2 aromatic heterocycles. The van der Waals surface area contributed by atoms with Crippen LogP contribution in [0.1, 0.15) is 15.4 Å². The molecule has 0 saturated heterocycles. The van der Waals surface area contributed by atoms with Crippen molar-refractivity contribution in [2.24, 2.45) is 5.73 Å². The number of aromatic hydroxyl groups is 1. The number of primary amides is 1. The fourth-order valence-corrected chi connectivity index (χ4v) is 3.01. The Kier molecular flexibility index (Phi) is 2.87. The lowest BCUT2D eigenvalue weighted by molar-refractivity contribution is 0.100. The van der Waals surface area contributed by atoms with E-state index in [1.807, 2.05) is 30.3 Å². The van der Waals surface area contributed by atoms with E-state index in [9.17, 15) is 9.90 Å². The normalized spacial score (nSPS) is 10.8. The summed E-state index contributed by atoms with van der Waals surface area (Å²) >= 11 is 1.08. The zero-order chi connectivity index (χ0) is 14.3. The van der Waals surface area contributed by atoms with Crippen molar-refractivity contribution >= 4 is 27.5 Å². The van der Waals surface area contributed by atoms with Crippen LogP contribution in [-0.4, -0.2) is 21.0 Å². The van der Waals surface area contributed by atoms with Crippen LogP contribution < -0.4 is 5.73 Å². The van der Waals surface area contributed by atoms with Gasteiger partial charge in [-0.3, -0.25) is 4.79 Å². The molecule has 0 bridgehead atoms. The number of thiophene rings is 1. The van der Waals surface area contributed by atoms with Gasteiger partial charge >= 0.3 is 0 Å². The van der Waals surface area contributed by atoms with Crippen LogP contribution in [0, 0.1) is 6.92 Å². The summed E-state index contributed by atoms with van der Waals surface area (Å²) in [6.45, 7) is 1.77. The molecule has 0 fully saturated rings. The van der Waals surface area contributed by atoms with Crippen molar-refractivity contribution in [1.29, 1.82) is 0 Å². The van der Waals surface area contributed by atoms with E-state index in [1.165, 1.54) is 0 Å². The smallest absolute Gasteiger partial charge is 0.262 e. The van der Waals surface area contributed by atoms with Crippen molar-refractivity contribution in [3.05, 3.63) is 40.9 Å². The number of fused-ring (bicyclic) bond motifs is 1. The molecule has 2 heterocycles. The first-order chi connectivity index (χ1) is 9.58. The SMILES string of the molecule is Cc1nc(-c2ccccc2)nc2sc(C(N)=O)c(O)c12. The van der Waals surface area contributed by atoms with Crippen molar-refractivity contribution in [3.8, 4) is 17.1 Å². The second kappa shape index (κ2) is 4.57. The Bertz CT molecular complexity index is 812. The largest absolute Gasteiger partial charge is 0.505 e. The van der Waals surface area contributed by atoms with Crippen LogP contribution in [0.2, 0.25) is 0 Å². The summed E-state index contributed by atoms with van der Waals surface area (Å²) in [6, 6.07) is 9.53. The van der Waals surface area contributed by atoms with Gasteiger partial charge in [0.1, 0.15) is 9.71 Å². The third-order valence-electron chi connectivity index (χ3n) is 2.96. The molecule has 5 nitrogen and oxygen atoms in total. The van der Waals surface area contributed by atoms with Crippen LogP contribution in [0.4, 0.5) is 0 Å². The molecule has 3 N–H and O–H groups in total. The molecule has 6 heteroatoms. The maximum atomic E-state index is 11.3. The second-order valence-corrected chi connectivity index (χ2v) is 5.32. The monoisotopic (exact) mass is 285 g/mol. The van der Waals surface area contributed by atoms with E-state index in [0.29, 0.717) is 21.7 Å². The number of amides is 1. The lowest BCUT2D eigenvalue weighted by atomic mass is 10.2. The van der Waals surface area contributed by atoms with Gasteiger partial charge in [-0.1, -0.05) is 30.3 Å². The fraction of sp³-hybridized carbons (Fsp3) is 0.0714. The molecule has 0 atom stereocenters. The molecule has 1 amide bonds. The van der Waals surface area contributed by atoms with Gasteiger partial charge in [-0.05, 0) is 6.92 Å². The first-order valence-corrected chi connectivity index (χ1v) is 6.75. The number of carbonyl (C=O) groups excluding carboxylic acids is 1. The van der Waals surface area contributed by atoms with Gasteiger partial charge in [-0.25, -0.2) is 9.97 Å². The molecule has 3 aromatic rings. The number of rotatable bonds is 2. The molecular weight excluding hydrogens is 274 g/mol. The molecule has 3 rings (SSSR count). The van der Waals surface area contributed by atoms with E-state index in [1.54, 1.807) is 6.92 Å². The summed E-state index contributed by atoms with van der Waals surface area (Å²) in [5, 5.41) is 10.5. The minimum Gasteiger partial charge on any atom is -0.505 e. The quantitative estimate of drug-likeness (QED) is 0.757. The van der Waals surface area contributed by atoms with Gasteiger partial charge in [0.05, 0.1) is 11.1 Å². The Morgan fingerprint density at radius 1 is 1.25 bits per heavy atom. The minimum absolute atomic E-state index is 0.114. The number of aryl methyl sites for hydroxylation is 1. The molecule has 0 radical (unpaired) electrons. The number of aromatic nitrogens is 2. The Hall–Kier alpha value is -2.47. The molecular formula is C14H11N3O2S. The van der Waals surface area contributed by atoms with Crippen LogP contribution in [0.5, 0.6) is 5.75 Å². The highest BCUT2D eigenvalue weighted by Gasteiger charge is 2.20. The van der Waals surface area contributed by atoms with Crippen molar-refractivity contribution in [2.45, 2.75) is 6.92 Å². The van der Waals surface area contributed by atoms with Crippen LogP contribution in [0.15, 0.2) is 30.3 Å². The Balaban J connectivity index is 2.28. The van der Waals surface area contributed by atoms with Gasteiger partial charge in [0.25, 0.3) is 5.91 Å². The zero-order valence-corrected chi connectivity index (χ0v) is 11.4. The van der Waals surface area contributed by atoms with E-state index in [-0.39, 0.29) is 10.6 Å². The molecule has 0 spiro atoms. The molecule has 0 aliphatic rings. The average Bonchev–Trinajstić information content (AvgIpc) is 2.77. The van der Waals surface area contributed by atoms with Crippen LogP contribution in [0.25, 0.3) is 21.6 Å². The number of benzene rings is 1. The number of hydrogen-bond donors (Lipinski definition) is 2. The van der Waals surface area contributed by atoms with Crippen molar-refractivity contribution in [1.82, 2.24) is 9.97 Å². The van der Waals surface area contributed by atoms with Gasteiger partial charge in [0, 0.05) is 5.56 Å². The third kappa shape index (κ3) is 1.90. The Morgan fingerprint density at radius 2 is 1.95 bits per heavy atom. The summed E-state index contributed by atoms with van der Waals surface area (Å²) in [7, 11) is 0. The second-order valence-electron chi connectivity index (χ2n) is 4.32. The third-order valence-corrected chi connectivity index (χ3v) is 4.05. The van der Waals surface area contributed by atoms with E-state index in [4.69, 9.17) is 5.73 Å². The molecule has 20 heavy (non-hydrogen) atoms. The van der Waals surface area contributed by atoms with E-state index in [0.717, 1.165) is 16.9 Å². The van der Waals surface area contributed by atoms with Crippen LogP contribution in [-0.2, 0) is 0 Å². The molecule has 0 saturated carbocycles. The van der Waals surface area contributed by atoms with Crippen LogP contribution in [0.3, 0.4) is 0 Å². The Labute approximate surface area is 118 Å². The number of carbonyl (C=O) groups is 1. The lowest BCUT2D eigenvalue weighted by Gasteiger charge is -2.02. The summed E-state index contributed by atoms with van der Waals surface area (Å²) in [6.07, 6.45) is 0. The van der Waals surface area contributed by atoms with Crippen LogP contribution >= 0.6 is 11.3 Å². The Morgan fingerprint density at radius 3 is 2.60 bits per heavy atom. The van der Waals surface area contributed by atoms with Crippen molar-refractivity contribution in [3.63, 3.8) is 0 Å². The molecule has 0 aliphatic heterocycles. The van der Waals surface area contributed by atoms with Crippen molar-refractivity contribution < 1.29 is 9.90 Å². The maximum Gasteiger partial charge on any atom is 0.262 e. The summed E-state index contributed by atoms with van der Waals surface area (Å²) in [4.78, 5) is 20.8. The predicted molar refractivity (Wildman–Crippen MR) is 77.8 cm³/mol. The highest BCUT2D eigenvalue weighted by molar-refractivity contribution is 7.20. The lowest BCUT2D eigenvalue weighted by Crippen LogP contribution is -2.08. The molecule has 0 unspecified atom stereocenters. The maximum absolute atomic E-state index is 11.3. The predicted octanol–water partition coefficient (Wildman–Crippen LogP) is 2.47. The zero-order valence-electron chi connectivity index (χ0n) is 10.6. The van der Waals surface area contributed by atoms with Gasteiger partial charge in [-0.2, -0.15) is 0 Å². The van der Waals surface area contributed by atoms with Gasteiger partial charge in [0.2, 0.25) is 0 Å². The first-order valence-electron chi connectivity index (χ1n) is 5.93.